The fourth-order valence-electron chi connectivity index (χ4n) is 1.98. The number of nitriles is 1. The van der Waals surface area contributed by atoms with Crippen LogP contribution in [-0.2, 0) is 0 Å². The first-order valence-corrected chi connectivity index (χ1v) is 9.61. The Kier molecular flexibility index (Phi) is 6.89. The monoisotopic (exact) mass is 329 g/mol. The molecule has 0 atom stereocenters. The maximum absolute atomic E-state index is 8.60. The molecular formula is C17H16NPS2. The highest BCUT2D eigenvalue weighted by atomic mass is 32.2. The average Bonchev–Trinajstić information content (AvgIpc) is 2.54. The van der Waals surface area contributed by atoms with Gasteiger partial charge in [-0.1, -0.05) is 72.9 Å². The van der Waals surface area contributed by atoms with Crippen LogP contribution in [-0.4, -0.2) is 16.1 Å². The van der Waals surface area contributed by atoms with E-state index in [2.05, 4.69) is 54.6 Å². The third kappa shape index (κ3) is 4.93. The number of nitrogens with zero attached hydrogens (tertiary/aromatic N) is 1. The van der Waals surface area contributed by atoms with E-state index in [0.29, 0.717) is 5.75 Å². The molecule has 0 N–H and O–H groups in total. The van der Waals surface area contributed by atoms with Crippen LogP contribution in [0.2, 0.25) is 0 Å². The van der Waals surface area contributed by atoms with Gasteiger partial charge < -0.3 is 0 Å². The van der Waals surface area contributed by atoms with Gasteiger partial charge in [-0.3, -0.25) is 0 Å². The molecule has 21 heavy (non-hydrogen) atoms. The molecule has 0 aliphatic carbocycles. The molecule has 2 aromatic carbocycles. The van der Waals surface area contributed by atoms with Crippen molar-refractivity contribution < 1.29 is 0 Å². The van der Waals surface area contributed by atoms with Crippen molar-refractivity contribution in [3.8, 4) is 6.07 Å². The van der Waals surface area contributed by atoms with E-state index in [-0.39, 0.29) is 0 Å². The molecule has 0 bridgehead atoms. The van der Waals surface area contributed by atoms with Crippen LogP contribution < -0.4 is 10.6 Å². The molecule has 0 spiro atoms. The van der Waals surface area contributed by atoms with Crippen LogP contribution in [0.15, 0.2) is 60.7 Å². The quantitative estimate of drug-likeness (QED) is 0.434. The van der Waals surface area contributed by atoms with Crippen LogP contribution in [0.4, 0.5) is 0 Å². The molecule has 0 amide bonds. The summed E-state index contributed by atoms with van der Waals surface area (Å²) in [4.78, 5) is 0. The van der Waals surface area contributed by atoms with E-state index >= 15 is 0 Å². The molecule has 0 aromatic heterocycles. The molecule has 4 heteroatoms. The van der Waals surface area contributed by atoms with Crippen LogP contribution in [0.5, 0.6) is 0 Å². The first-order valence-electron chi connectivity index (χ1n) is 6.70. The maximum atomic E-state index is 8.60. The minimum atomic E-state index is -0.598. The molecule has 1 nitrogen and oxygen atoms in total. The minimum absolute atomic E-state index is 0.539. The van der Waals surface area contributed by atoms with Crippen molar-refractivity contribution in [1.82, 2.24) is 0 Å². The van der Waals surface area contributed by atoms with Gasteiger partial charge in [0.2, 0.25) is 0 Å². The second-order valence-corrected chi connectivity index (χ2v) is 8.50. The second-order valence-electron chi connectivity index (χ2n) is 4.36. The Bertz CT molecular complexity index is 568. The average molecular weight is 329 g/mol. The topological polar surface area (TPSA) is 23.8 Å². The largest absolute Gasteiger partial charge is 0.197 e. The minimum Gasteiger partial charge on any atom is -0.197 e. The van der Waals surface area contributed by atoms with Crippen LogP contribution in [0.1, 0.15) is 6.42 Å². The standard InChI is InChI=1S/C17H16NPS2/c18-12-14-21-13-11-17(20)19(15-7-3-1-4-8-15)16-9-5-2-6-10-16/h1-10H,11,13-14H2. The highest BCUT2D eigenvalue weighted by Crippen LogP contribution is 2.37. The maximum Gasteiger partial charge on any atom is 0.0808 e. The van der Waals surface area contributed by atoms with Gasteiger partial charge in [0.25, 0.3) is 0 Å². The number of hydrogen-bond donors (Lipinski definition) is 0. The molecule has 106 valence electrons. The van der Waals surface area contributed by atoms with Crippen molar-refractivity contribution in [1.29, 1.82) is 5.26 Å². The second kappa shape index (κ2) is 8.95. The first-order chi connectivity index (χ1) is 10.3. The van der Waals surface area contributed by atoms with Gasteiger partial charge in [0.15, 0.2) is 0 Å². The Morgan fingerprint density at radius 3 is 2.00 bits per heavy atom. The molecule has 0 saturated heterocycles. The number of thiocarbonyl (C=S) groups is 1. The molecule has 0 aliphatic rings. The van der Waals surface area contributed by atoms with Crippen LogP contribution >= 0.6 is 31.9 Å². The van der Waals surface area contributed by atoms with Crippen LogP contribution in [0.25, 0.3) is 0 Å². The van der Waals surface area contributed by atoms with Gasteiger partial charge in [0.05, 0.1) is 11.8 Å². The summed E-state index contributed by atoms with van der Waals surface area (Å²) in [6, 6.07) is 23.2. The summed E-state index contributed by atoms with van der Waals surface area (Å²) >= 11 is 7.37. The summed E-state index contributed by atoms with van der Waals surface area (Å²) in [7, 11) is -0.598. The normalized spacial score (nSPS) is 10.3. The van der Waals surface area contributed by atoms with Crippen molar-refractivity contribution >= 4 is 47.1 Å². The Balaban J connectivity index is 2.17. The third-order valence-electron chi connectivity index (χ3n) is 2.91. The predicted molar refractivity (Wildman–Crippen MR) is 99.2 cm³/mol. The zero-order valence-electron chi connectivity index (χ0n) is 11.6. The Labute approximate surface area is 137 Å². The number of rotatable bonds is 7. The van der Waals surface area contributed by atoms with E-state index in [4.69, 9.17) is 17.5 Å². The van der Waals surface area contributed by atoms with E-state index in [1.165, 1.54) is 10.6 Å². The van der Waals surface area contributed by atoms with Crippen LogP contribution in [0, 0.1) is 11.3 Å². The summed E-state index contributed by atoms with van der Waals surface area (Å²) in [5.41, 5.74) is 0. The number of hydrogen-bond acceptors (Lipinski definition) is 3. The zero-order valence-corrected chi connectivity index (χ0v) is 14.1. The molecule has 2 rings (SSSR count). The van der Waals surface area contributed by atoms with Crippen LogP contribution in [0.3, 0.4) is 0 Å². The summed E-state index contributed by atoms with van der Waals surface area (Å²) in [5.74, 6) is 1.46. The summed E-state index contributed by atoms with van der Waals surface area (Å²) in [5, 5.41) is 11.2. The van der Waals surface area contributed by atoms with E-state index in [0.717, 1.165) is 16.8 Å². The van der Waals surface area contributed by atoms with E-state index in [1.54, 1.807) is 11.8 Å². The zero-order chi connectivity index (χ0) is 14.9. The van der Waals surface area contributed by atoms with Gasteiger partial charge in [-0.05, 0) is 30.7 Å². The lowest BCUT2D eigenvalue weighted by molar-refractivity contribution is 1.36. The van der Waals surface area contributed by atoms with Gasteiger partial charge in [-0.15, -0.1) is 11.8 Å². The lowest BCUT2D eigenvalue weighted by atomic mass is 10.4. The summed E-state index contributed by atoms with van der Waals surface area (Å²) < 4.78 is 1.10. The third-order valence-corrected chi connectivity index (χ3v) is 6.83. The van der Waals surface area contributed by atoms with Crippen molar-refractivity contribution in [2.75, 3.05) is 11.5 Å². The molecule has 0 aliphatic heterocycles. The van der Waals surface area contributed by atoms with E-state index in [1.807, 2.05) is 12.1 Å². The van der Waals surface area contributed by atoms with Crippen molar-refractivity contribution in [2.45, 2.75) is 6.42 Å². The van der Waals surface area contributed by atoms with Crippen molar-refractivity contribution in [3.63, 3.8) is 0 Å². The molecule has 2 aromatic rings. The van der Waals surface area contributed by atoms with Crippen molar-refractivity contribution in [2.24, 2.45) is 0 Å². The smallest absolute Gasteiger partial charge is 0.0808 e. The van der Waals surface area contributed by atoms with Gasteiger partial charge in [0.1, 0.15) is 0 Å². The van der Waals surface area contributed by atoms with Crippen molar-refractivity contribution in [3.05, 3.63) is 60.7 Å². The lowest BCUT2D eigenvalue weighted by Gasteiger charge is -2.19. The number of benzene rings is 2. The fraction of sp³-hybridized carbons (Fsp3) is 0.176. The SMILES string of the molecule is N#CCSCCC(=S)P(c1ccccc1)c1ccccc1. The number of thioether (sulfide) groups is 1. The lowest BCUT2D eigenvalue weighted by Crippen LogP contribution is -2.17. The van der Waals surface area contributed by atoms with Gasteiger partial charge in [-0.2, -0.15) is 5.26 Å². The van der Waals surface area contributed by atoms with Gasteiger partial charge in [0, 0.05) is 4.61 Å². The van der Waals surface area contributed by atoms with E-state index < -0.39 is 7.92 Å². The molecule has 0 saturated carbocycles. The Hall–Kier alpha value is -1.20. The molecule has 0 radical (unpaired) electrons. The van der Waals surface area contributed by atoms with E-state index in [9.17, 15) is 0 Å². The van der Waals surface area contributed by atoms with Gasteiger partial charge >= 0.3 is 0 Å². The summed E-state index contributed by atoms with van der Waals surface area (Å²) in [6.07, 6.45) is 0.886. The molecular weight excluding hydrogens is 313 g/mol. The molecule has 0 unspecified atom stereocenters. The highest BCUT2D eigenvalue weighted by molar-refractivity contribution is 8.05. The Morgan fingerprint density at radius 1 is 1.00 bits per heavy atom. The first kappa shape index (κ1) is 16.2. The Morgan fingerprint density at radius 2 is 1.52 bits per heavy atom. The predicted octanol–water partition coefficient (Wildman–Crippen LogP) is 4.09. The molecule has 0 fully saturated rings. The molecule has 0 heterocycles. The summed E-state index contributed by atoms with van der Waals surface area (Å²) in [6.45, 7) is 0. The fourth-order valence-corrected chi connectivity index (χ4v) is 5.73. The van der Waals surface area contributed by atoms with Gasteiger partial charge in [-0.25, -0.2) is 0 Å². The highest BCUT2D eigenvalue weighted by Gasteiger charge is 2.18.